The summed E-state index contributed by atoms with van der Waals surface area (Å²) in [6.45, 7) is 1.59. The Morgan fingerprint density at radius 3 is 2.28 bits per heavy atom. The van der Waals surface area contributed by atoms with E-state index in [4.69, 9.17) is 9.47 Å². The van der Waals surface area contributed by atoms with Crippen molar-refractivity contribution >= 4 is 21.4 Å². The molecule has 0 aliphatic heterocycles. The van der Waals surface area contributed by atoms with Crippen LogP contribution in [0.5, 0.6) is 11.5 Å². The first-order chi connectivity index (χ1) is 11.9. The Kier molecular flexibility index (Phi) is 6.03. The highest BCUT2D eigenvalue weighted by Gasteiger charge is 2.13. The molecule has 0 saturated carbocycles. The SMILES string of the molecule is CCS(=O)(=O)c1ccc(NC(=O)Cc2ccc(OC)cc2OC)cc1. The van der Waals surface area contributed by atoms with Crippen LogP contribution in [0, 0.1) is 0 Å². The minimum Gasteiger partial charge on any atom is -0.497 e. The van der Waals surface area contributed by atoms with Gasteiger partial charge in [0.05, 0.1) is 31.3 Å². The Balaban J connectivity index is 2.08. The normalized spacial score (nSPS) is 11.0. The van der Waals surface area contributed by atoms with E-state index in [9.17, 15) is 13.2 Å². The zero-order valence-corrected chi connectivity index (χ0v) is 15.2. The van der Waals surface area contributed by atoms with Crippen LogP contribution in [-0.2, 0) is 21.1 Å². The van der Waals surface area contributed by atoms with Crippen molar-refractivity contribution in [1.29, 1.82) is 0 Å². The van der Waals surface area contributed by atoms with Gasteiger partial charge in [0.1, 0.15) is 11.5 Å². The number of benzene rings is 2. The monoisotopic (exact) mass is 363 g/mol. The summed E-state index contributed by atoms with van der Waals surface area (Å²) in [5, 5.41) is 2.75. The first kappa shape index (κ1) is 18.8. The number of nitrogens with one attached hydrogen (secondary N) is 1. The summed E-state index contributed by atoms with van der Waals surface area (Å²) in [7, 11) is -0.159. The lowest BCUT2D eigenvalue weighted by Gasteiger charge is -2.11. The molecule has 2 aromatic carbocycles. The van der Waals surface area contributed by atoms with E-state index in [0.717, 1.165) is 5.56 Å². The molecule has 0 aliphatic rings. The van der Waals surface area contributed by atoms with Crippen molar-refractivity contribution in [2.75, 3.05) is 25.3 Å². The average molecular weight is 363 g/mol. The second-order valence-corrected chi connectivity index (χ2v) is 7.61. The number of amides is 1. The van der Waals surface area contributed by atoms with E-state index in [1.165, 1.54) is 19.2 Å². The lowest BCUT2D eigenvalue weighted by molar-refractivity contribution is -0.115. The number of methoxy groups -OCH3 is 2. The van der Waals surface area contributed by atoms with Crippen molar-refractivity contribution in [3.8, 4) is 11.5 Å². The predicted octanol–water partition coefficient (Wildman–Crippen LogP) is 2.68. The van der Waals surface area contributed by atoms with E-state index in [0.29, 0.717) is 17.2 Å². The van der Waals surface area contributed by atoms with Gasteiger partial charge in [-0.25, -0.2) is 8.42 Å². The standard InChI is InChI=1S/C18H21NO5S/c1-4-25(21,22)16-9-6-14(7-10-16)19-18(20)11-13-5-8-15(23-2)12-17(13)24-3/h5-10,12H,4,11H2,1-3H3,(H,19,20). The molecular weight excluding hydrogens is 342 g/mol. The van der Waals surface area contributed by atoms with Gasteiger partial charge in [-0.1, -0.05) is 13.0 Å². The molecule has 134 valence electrons. The third-order valence-corrected chi connectivity index (χ3v) is 5.47. The molecule has 6 nitrogen and oxygen atoms in total. The second kappa shape index (κ2) is 8.02. The van der Waals surface area contributed by atoms with Gasteiger partial charge in [-0.15, -0.1) is 0 Å². The van der Waals surface area contributed by atoms with Gasteiger partial charge in [-0.05, 0) is 30.3 Å². The minimum absolute atomic E-state index is 0.0377. The minimum atomic E-state index is -3.25. The molecule has 0 aliphatic carbocycles. The molecular formula is C18H21NO5S. The Bertz CT molecular complexity index is 844. The average Bonchev–Trinajstić information content (AvgIpc) is 2.62. The van der Waals surface area contributed by atoms with Crippen LogP contribution in [0.25, 0.3) is 0 Å². The fourth-order valence-corrected chi connectivity index (χ4v) is 3.17. The van der Waals surface area contributed by atoms with E-state index >= 15 is 0 Å². The zero-order chi connectivity index (χ0) is 18.4. The summed E-state index contributed by atoms with van der Waals surface area (Å²) in [5.74, 6) is 1.03. The Hall–Kier alpha value is -2.54. The summed E-state index contributed by atoms with van der Waals surface area (Å²) in [6.07, 6.45) is 0.127. The van der Waals surface area contributed by atoms with Crippen molar-refractivity contribution in [3.05, 3.63) is 48.0 Å². The van der Waals surface area contributed by atoms with Crippen LogP contribution >= 0.6 is 0 Å². The largest absolute Gasteiger partial charge is 0.497 e. The molecule has 0 spiro atoms. The molecule has 0 saturated heterocycles. The lowest BCUT2D eigenvalue weighted by Crippen LogP contribution is -2.15. The molecule has 2 rings (SSSR count). The van der Waals surface area contributed by atoms with E-state index in [1.54, 1.807) is 44.4 Å². The third-order valence-electron chi connectivity index (χ3n) is 3.72. The van der Waals surface area contributed by atoms with E-state index in [1.807, 2.05) is 0 Å². The van der Waals surface area contributed by atoms with Crippen LogP contribution < -0.4 is 14.8 Å². The number of anilines is 1. The second-order valence-electron chi connectivity index (χ2n) is 5.33. The van der Waals surface area contributed by atoms with E-state index in [2.05, 4.69) is 5.32 Å². The number of sulfone groups is 1. The molecule has 2 aromatic rings. The fourth-order valence-electron chi connectivity index (χ4n) is 2.29. The maximum Gasteiger partial charge on any atom is 0.228 e. The number of hydrogen-bond donors (Lipinski definition) is 1. The quantitative estimate of drug-likeness (QED) is 0.818. The number of hydrogen-bond acceptors (Lipinski definition) is 5. The summed E-state index contributed by atoms with van der Waals surface area (Å²) in [6, 6.07) is 11.4. The molecule has 0 fully saturated rings. The van der Waals surface area contributed by atoms with Gasteiger partial charge in [0.25, 0.3) is 0 Å². The Morgan fingerprint density at radius 2 is 1.72 bits per heavy atom. The topological polar surface area (TPSA) is 81.7 Å². The molecule has 0 heterocycles. The Morgan fingerprint density at radius 1 is 1.04 bits per heavy atom. The van der Waals surface area contributed by atoms with E-state index in [-0.39, 0.29) is 23.0 Å². The summed E-state index contributed by atoms with van der Waals surface area (Å²) >= 11 is 0. The van der Waals surface area contributed by atoms with Gasteiger partial charge in [-0.3, -0.25) is 4.79 Å². The zero-order valence-electron chi connectivity index (χ0n) is 14.4. The van der Waals surface area contributed by atoms with Gasteiger partial charge in [0.2, 0.25) is 5.91 Å². The van der Waals surface area contributed by atoms with Crippen LogP contribution in [-0.4, -0.2) is 34.3 Å². The molecule has 0 unspecified atom stereocenters. The van der Waals surface area contributed by atoms with E-state index < -0.39 is 9.84 Å². The first-order valence-electron chi connectivity index (χ1n) is 7.73. The summed E-state index contributed by atoms with van der Waals surface area (Å²) in [5.41, 5.74) is 1.26. The summed E-state index contributed by atoms with van der Waals surface area (Å²) in [4.78, 5) is 12.5. The van der Waals surface area contributed by atoms with Crippen LogP contribution in [0.2, 0.25) is 0 Å². The lowest BCUT2D eigenvalue weighted by atomic mass is 10.1. The van der Waals surface area contributed by atoms with Crippen molar-refractivity contribution < 1.29 is 22.7 Å². The van der Waals surface area contributed by atoms with Crippen molar-refractivity contribution in [2.24, 2.45) is 0 Å². The Labute approximate surface area is 147 Å². The van der Waals surface area contributed by atoms with Crippen LogP contribution in [0.4, 0.5) is 5.69 Å². The molecule has 25 heavy (non-hydrogen) atoms. The highest BCUT2D eigenvalue weighted by molar-refractivity contribution is 7.91. The highest BCUT2D eigenvalue weighted by Crippen LogP contribution is 2.25. The molecule has 0 bridgehead atoms. The van der Waals surface area contributed by atoms with Gasteiger partial charge in [0.15, 0.2) is 9.84 Å². The number of carbonyl (C=O) groups is 1. The molecule has 0 radical (unpaired) electrons. The maximum absolute atomic E-state index is 12.2. The molecule has 7 heteroatoms. The first-order valence-corrected chi connectivity index (χ1v) is 9.38. The highest BCUT2D eigenvalue weighted by atomic mass is 32.2. The van der Waals surface area contributed by atoms with Gasteiger partial charge >= 0.3 is 0 Å². The van der Waals surface area contributed by atoms with Gasteiger partial charge < -0.3 is 14.8 Å². The van der Waals surface area contributed by atoms with Crippen molar-refractivity contribution in [3.63, 3.8) is 0 Å². The predicted molar refractivity (Wildman–Crippen MR) is 96.0 cm³/mol. The van der Waals surface area contributed by atoms with Crippen LogP contribution in [0.15, 0.2) is 47.4 Å². The number of ether oxygens (including phenoxy) is 2. The molecule has 1 N–H and O–H groups in total. The van der Waals surface area contributed by atoms with Crippen molar-refractivity contribution in [2.45, 2.75) is 18.2 Å². The third kappa shape index (κ3) is 4.73. The van der Waals surface area contributed by atoms with Gasteiger partial charge in [-0.2, -0.15) is 0 Å². The fraction of sp³-hybridized carbons (Fsp3) is 0.278. The van der Waals surface area contributed by atoms with Crippen molar-refractivity contribution in [1.82, 2.24) is 0 Å². The molecule has 0 atom stereocenters. The van der Waals surface area contributed by atoms with Crippen LogP contribution in [0.3, 0.4) is 0 Å². The summed E-state index contributed by atoms with van der Waals surface area (Å²) < 4.78 is 34.0. The number of rotatable bonds is 7. The van der Waals surface area contributed by atoms with Crippen LogP contribution in [0.1, 0.15) is 12.5 Å². The number of carbonyl (C=O) groups excluding carboxylic acids is 1. The smallest absolute Gasteiger partial charge is 0.228 e. The maximum atomic E-state index is 12.2. The van der Waals surface area contributed by atoms with Gasteiger partial charge in [0, 0.05) is 17.3 Å². The molecule has 1 amide bonds. The molecule has 0 aromatic heterocycles.